The number of fused-ring (bicyclic) bond motifs is 1. The van der Waals surface area contributed by atoms with Crippen molar-refractivity contribution in [2.24, 2.45) is 0 Å². The summed E-state index contributed by atoms with van der Waals surface area (Å²) in [5, 5.41) is 3.71. The van der Waals surface area contributed by atoms with Gasteiger partial charge >= 0.3 is 0 Å². The van der Waals surface area contributed by atoms with Gasteiger partial charge in [-0.15, -0.1) is 11.3 Å². The van der Waals surface area contributed by atoms with Crippen molar-refractivity contribution in [1.29, 1.82) is 0 Å². The fourth-order valence-corrected chi connectivity index (χ4v) is 4.10. The highest BCUT2D eigenvalue weighted by Crippen LogP contribution is 2.35. The number of nitrogen functional groups attached to an aromatic ring is 1. The first-order chi connectivity index (χ1) is 9.38. The summed E-state index contributed by atoms with van der Waals surface area (Å²) in [6.45, 7) is 1.83. The highest BCUT2D eigenvalue weighted by molar-refractivity contribution is 9.10. The SMILES string of the molecule is CC(CS(C)=O)NC(=O)c1sc2ccc(Br)cc2c1N. The number of rotatable bonds is 4. The minimum absolute atomic E-state index is 0.148. The molecule has 1 aromatic heterocycles. The van der Waals surface area contributed by atoms with Gasteiger partial charge in [0.05, 0.1) is 5.69 Å². The second kappa shape index (κ2) is 6.24. The van der Waals surface area contributed by atoms with E-state index in [-0.39, 0.29) is 11.9 Å². The van der Waals surface area contributed by atoms with E-state index in [2.05, 4.69) is 21.2 Å². The molecule has 0 aliphatic heterocycles. The van der Waals surface area contributed by atoms with Crippen LogP contribution in [-0.4, -0.2) is 28.2 Å². The average molecular weight is 375 g/mol. The van der Waals surface area contributed by atoms with Gasteiger partial charge in [-0.1, -0.05) is 15.9 Å². The molecule has 0 radical (unpaired) electrons. The van der Waals surface area contributed by atoms with Crippen molar-refractivity contribution in [3.8, 4) is 0 Å². The second-order valence-corrected chi connectivity index (χ2v) is 8.05. The normalized spacial score (nSPS) is 14.2. The molecule has 1 aromatic carbocycles. The van der Waals surface area contributed by atoms with Crippen LogP contribution in [0, 0.1) is 0 Å². The Balaban J connectivity index is 2.26. The molecule has 0 saturated heterocycles. The van der Waals surface area contributed by atoms with E-state index < -0.39 is 10.8 Å². The second-order valence-electron chi connectivity index (χ2n) is 4.60. The first-order valence-corrected chi connectivity index (χ1v) is 9.30. The van der Waals surface area contributed by atoms with Crippen LogP contribution < -0.4 is 11.1 Å². The third-order valence-electron chi connectivity index (χ3n) is 2.76. The summed E-state index contributed by atoms with van der Waals surface area (Å²) in [6, 6.07) is 5.61. The fraction of sp³-hybridized carbons (Fsp3) is 0.308. The average Bonchev–Trinajstić information content (AvgIpc) is 2.65. The van der Waals surface area contributed by atoms with Crippen LogP contribution in [0.25, 0.3) is 10.1 Å². The lowest BCUT2D eigenvalue weighted by molar-refractivity contribution is 0.0948. The van der Waals surface area contributed by atoms with Crippen LogP contribution in [0.3, 0.4) is 0 Å². The largest absolute Gasteiger partial charge is 0.397 e. The smallest absolute Gasteiger partial charge is 0.263 e. The zero-order valence-electron chi connectivity index (χ0n) is 11.1. The van der Waals surface area contributed by atoms with Crippen LogP contribution in [0.1, 0.15) is 16.6 Å². The third-order valence-corrected chi connectivity index (χ3v) is 5.40. The molecule has 0 saturated carbocycles. The minimum Gasteiger partial charge on any atom is -0.397 e. The Kier molecular flexibility index (Phi) is 4.82. The van der Waals surface area contributed by atoms with Crippen LogP contribution in [-0.2, 0) is 10.8 Å². The molecule has 20 heavy (non-hydrogen) atoms. The predicted molar refractivity (Wildman–Crippen MR) is 89.8 cm³/mol. The molecular formula is C13H15BrN2O2S2. The number of hydrogen-bond acceptors (Lipinski definition) is 4. The maximum Gasteiger partial charge on any atom is 0.263 e. The van der Waals surface area contributed by atoms with E-state index in [0.29, 0.717) is 16.3 Å². The Bertz CT molecular complexity index is 684. The Morgan fingerprint density at radius 1 is 1.55 bits per heavy atom. The van der Waals surface area contributed by atoms with Crippen LogP contribution in [0.5, 0.6) is 0 Å². The molecule has 0 aliphatic rings. The first kappa shape index (κ1) is 15.5. The number of anilines is 1. The number of carbonyl (C=O) groups excluding carboxylic acids is 1. The van der Waals surface area contributed by atoms with Gasteiger partial charge in [-0.05, 0) is 25.1 Å². The molecule has 2 atom stereocenters. The molecule has 3 N–H and O–H groups in total. The maximum atomic E-state index is 12.2. The number of nitrogens with one attached hydrogen (secondary N) is 1. The van der Waals surface area contributed by atoms with Gasteiger partial charge in [-0.2, -0.15) is 0 Å². The van der Waals surface area contributed by atoms with Crippen molar-refractivity contribution < 1.29 is 9.00 Å². The van der Waals surface area contributed by atoms with Crippen molar-refractivity contribution in [2.45, 2.75) is 13.0 Å². The number of nitrogens with two attached hydrogens (primary N) is 1. The molecule has 2 rings (SSSR count). The molecular weight excluding hydrogens is 360 g/mol. The molecule has 0 aliphatic carbocycles. The fourth-order valence-electron chi connectivity index (χ4n) is 1.94. The van der Waals surface area contributed by atoms with Gasteiger partial charge in [0.1, 0.15) is 4.88 Å². The topological polar surface area (TPSA) is 72.2 Å². The quantitative estimate of drug-likeness (QED) is 0.863. The Morgan fingerprint density at radius 3 is 2.90 bits per heavy atom. The van der Waals surface area contributed by atoms with Crippen LogP contribution in [0.15, 0.2) is 22.7 Å². The highest BCUT2D eigenvalue weighted by atomic mass is 79.9. The number of amides is 1. The third kappa shape index (κ3) is 3.39. The van der Waals surface area contributed by atoms with Crippen molar-refractivity contribution in [3.63, 3.8) is 0 Å². The van der Waals surface area contributed by atoms with Crippen LogP contribution in [0.4, 0.5) is 5.69 Å². The van der Waals surface area contributed by atoms with Crippen molar-refractivity contribution >= 4 is 59.7 Å². The summed E-state index contributed by atoms with van der Waals surface area (Å²) < 4.78 is 13.1. The van der Waals surface area contributed by atoms with Gasteiger partial charge in [0, 0.05) is 43.4 Å². The molecule has 2 aromatic rings. The van der Waals surface area contributed by atoms with Gasteiger partial charge in [0.15, 0.2) is 0 Å². The summed E-state index contributed by atoms with van der Waals surface area (Å²) in [5.41, 5.74) is 6.55. The zero-order chi connectivity index (χ0) is 14.9. The molecule has 0 bridgehead atoms. The lowest BCUT2D eigenvalue weighted by Gasteiger charge is -2.11. The summed E-state index contributed by atoms with van der Waals surface area (Å²) in [6.07, 6.45) is 1.62. The van der Waals surface area contributed by atoms with Gasteiger partial charge in [0.2, 0.25) is 0 Å². The minimum atomic E-state index is -0.940. The standard InChI is InChI=1S/C13H15BrN2O2S2/c1-7(6-20(2)18)16-13(17)12-11(15)9-5-8(14)3-4-10(9)19-12/h3-5,7H,6,15H2,1-2H3,(H,16,17). The van der Waals surface area contributed by atoms with E-state index in [4.69, 9.17) is 5.73 Å². The first-order valence-electron chi connectivity index (χ1n) is 5.97. The van der Waals surface area contributed by atoms with Crippen LogP contribution in [0.2, 0.25) is 0 Å². The Hall–Kier alpha value is -0.920. The number of carbonyl (C=O) groups is 1. The lowest BCUT2D eigenvalue weighted by atomic mass is 10.2. The van der Waals surface area contributed by atoms with E-state index in [1.807, 2.05) is 25.1 Å². The van der Waals surface area contributed by atoms with Gasteiger partial charge in [0.25, 0.3) is 5.91 Å². The number of thiophene rings is 1. The Morgan fingerprint density at radius 2 is 2.25 bits per heavy atom. The number of halogens is 1. The maximum absolute atomic E-state index is 12.2. The predicted octanol–water partition coefficient (Wildman–Crippen LogP) is 2.74. The molecule has 4 nitrogen and oxygen atoms in total. The van der Waals surface area contributed by atoms with Crippen LogP contribution >= 0.6 is 27.3 Å². The summed E-state index contributed by atoms with van der Waals surface area (Å²) in [4.78, 5) is 12.7. The van der Waals surface area contributed by atoms with Gasteiger partial charge in [-0.3, -0.25) is 9.00 Å². The van der Waals surface area contributed by atoms with Gasteiger partial charge in [-0.25, -0.2) is 0 Å². The van der Waals surface area contributed by atoms with E-state index >= 15 is 0 Å². The van der Waals surface area contributed by atoms with E-state index in [9.17, 15) is 9.00 Å². The molecule has 2 unspecified atom stereocenters. The van der Waals surface area contributed by atoms with E-state index in [0.717, 1.165) is 14.6 Å². The number of hydrogen-bond donors (Lipinski definition) is 2. The monoisotopic (exact) mass is 374 g/mol. The summed E-state index contributed by atoms with van der Waals surface area (Å²) in [7, 11) is -0.940. The molecule has 108 valence electrons. The highest BCUT2D eigenvalue weighted by Gasteiger charge is 2.18. The van der Waals surface area contributed by atoms with Crippen molar-refractivity contribution in [3.05, 3.63) is 27.5 Å². The molecule has 1 heterocycles. The molecule has 0 fully saturated rings. The number of benzene rings is 1. The van der Waals surface area contributed by atoms with E-state index in [1.165, 1.54) is 11.3 Å². The molecule has 1 amide bonds. The lowest BCUT2D eigenvalue weighted by Crippen LogP contribution is -2.36. The summed E-state index contributed by atoms with van der Waals surface area (Å²) in [5.74, 6) is 0.222. The van der Waals surface area contributed by atoms with E-state index in [1.54, 1.807) is 6.26 Å². The molecule has 0 spiro atoms. The van der Waals surface area contributed by atoms with Crippen molar-refractivity contribution in [2.75, 3.05) is 17.7 Å². The molecule has 7 heteroatoms. The summed E-state index contributed by atoms with van der Waals surface area (Å²) >= 11 is 4.76. The zero-order valence-corrected chi connectivity index (χ0v) is 14.3. The van der Waals surface area contributed by atoms with Gasteiger partial charge < -0.3 is 11.1 Å². The Labute approximate surface area is 132 Å². The van der Waals surface area contributed by atoms with Crippen molar-refractivity contribution in [1.82, 2.24) is 5.32 Å².